The van der Waals surface area contributed by atoms with Crippen molar-refractivity contribution in [2.75, 3.05) is 19.7 Å². The van der Waals surface area contributed by atoms with E-state index in [1.54, 1.807) is 12.1 Å². The van der Waals surface area contributed by atoms with Gasteiger partial charge in [-0.3, -0.25) is 9.89 Å². The summed E-state index contributed by atoms with van der Waals surface area (Å²) in [6.07, 6.45) is 2.00. The van der Waals surface area contributed by atoms with Crippen molar-refractivity contribution in [3.63, 3.8) is 0 Å². The van der Waals surface area contributed by atoms with Crippen LogP contribution >= 0.6 is 15.9 Å². The number of hydrogen-bond donors (Lipinski definition) is 4. The molecule has 4 N–H and O–H groups in total. The Bertz CT molecular complexity index is 1280. The molecule has 2 aromatic heterocycles. The summed E-state index contributed by atoms with van der Waals surface area (Å²) in [5, 5.41) is 13.8. The number of amides is 2. The predicted molar refractivity (Wildman–Crippen MR) is 130 cm³/mol. The van der Waals surface area contributed by atoms with Gasteiger partial charge in [0, 0.05) is 28.5 Å². The molecular formula is C23H25BrN6O3. The van der Waals surface area contributed by atoms with E-state index in [4.69, 9.17) is 4.74 Å². The third-order valence-electron chi connectivity index (χ3n) is 5.13. The maximum atomic E-state index is 12.6. The first-order valence-corrected chi connectivity index (χ1v) is 11.7. The van der Waals surface area contributed by atoms with Gasteiger partial charge in [0.05, 0.1) is 23.2 Å². The lowest BCUT2D eigenvalue weighted by Crippen LogP contribution is -2.30. The average Bonchev–Trinajstić information content (AvgIpc) is 3.41. The number of halogens is 1. The fourth-order valence-electron chi connectivity index (χ4n) is 3.37. The van der Waals surface area contributed by atoms with Crippen molar-refractivity contribution in [1.29, 1.82) is 0 Å². The van der Waals surface area contributed by atoms with Crippen molar-refractivity contribution in [2.45, 2.75) is 26.2 Å². The van der Waals surface area contributed by atoms with Gasteiger partial charge in [-0.15, -0.1) is 0 Å². The van der Waals surface area contributed by atoms with Gasteiger partial charge in [-0.1, -0.05) is 29.3 Å². The van der Waals surface area contributed by atoms with Crippen molar-refractivity contribution in [3.8, 4) is 11.5 Å². The Kier molecular flexibility index (Phi) is 7.23. The number of ether oxygens (including phenoxy) is 1. The molecule has 33 heavy (non-hydrogen) atoms. The van der Waals surface area contributed by atoms with Crippen molar-refractivity contribution < 1.29 is 14.3 Å². The van der Waals surface area contributed by atoms with Crippen molar-refractivity contribution >= 4 is 49.9 Å². The van der Waals surface area contributed by atoms with Gasteiger partial charge in [-0.05, 0) is 49.2 Å². The first kappa shape index (κ1) is 22.8. The van der Waals surface area contributed by atoms with Crippen LogP contribution in [0, 0.1) is 0 Å². The number of nitrogens with one attached hydrogen (secondary N) is 4. The number of aromatic nitrogens is 4. The molecule has 4 rings (SSSR count). The van der Waals surface area contributed by atoms with E-state index in [0.29, 0.717) is 43.2 Å². The van der Waals surface area contributed by atoms with Crippen LogP contribution in [0.3, 0.4) is 0 Å². The molecule has 0 aliphatic heterocycles. The minimum atomic E-state index is -0.425. The molecule has 0 saturated carbocycles. The Labute approximate surface area is 198 Å². The summed E-state index contributed by atoms with van der Waals surface area (Å²) in [6.45, 7) is 3.32. The number of carbonyl (C=O) groups is 2. The second-order valence-electron chi connectivity index (χ2n) is 7.61. The monoisotopic (exact) mass is 512 g/mol. The van der Waals surface area contributed by atoms with E-state index in [-0.39, 0.29) is 5.91 Å². The highest BCUT2D eigenvalue weighted by atomic mass is 79.9. The number of unbranched alkanes of at least 4 members (excludes halogenated alkanes) is 1. The van der Waals surface area contributed by atoms with E-state index in [9.17, 15) is 9.59 Å². The maximum absolute atomic E-state index is 12.6. The Morgan fingerprint density at radius 1 is 1.06 bits per heavy atom. The molecule has 2 heterocycles. The van der Waals surface area contributed by atoms with Gasteiger partial charge in [0.2, 0.25) is 0 Å². The number of H-pyrrole nitrogens is 2. The zero-order valence-electron chi connectivity index (χ0n) is 18.2. The highest BCUT2D eigenvalue weighted by Crippen LogP contribution is 2.28. The minimum absolute atomic E-state index is 0.192. The number of rotatable bonds is 9. The van der Waals surface area contributed by atoms with E-state index >= 15 is 0 Å². The summed E-state index contributed by atoms with van der Waals surface area (Å²) < 4.78 is 5.99. The number of carbonyl (C=O) groups excluding carboxylic acids is 2. The number of aromatic amines is 2. The molecule has 0 unspecified atom stereocenters. The van der Waals surface area contributed by atoms with Crippen LogP contribution in [-0.2, 0) is 4.74 Å². The van der Waals surface area contributed by atoms with Crippen molar-refractivity contribution in [1.82, 2.24) is 30.8 Å². The first-order chi connectivity index (χ1) is 16.0. The molecule has 0 radical (unpaired) electrons. The standard InChI is InChI=1S/C23H25BrN6O3/c1-2-3-11-33-23(32)26-10-4-9-25-22(31)14-5-7-17-16(12-14)20(30-29-17)21-27-18-8-6-15(24)13-19(18)28-21/h5-8,12-13H,2-4,9-11H2,1H3,(H,25,31)(H,26,32)(H,27,28)(H,29,30). The Balaban J connectivity index is 1.37. The van der Waals surface area contributed by atoms with Crippen LogP contribution in [0.15, 0.2) is 40.9 Å². The number of benzene rings is 2. The number of fused-ring (bicyclic) bond motifs is 2. The molecule has 0 bridgehead atoms. The Morgan fingerprint density at radius 2 is 1.91 bits per heavy atom. The quantitative estimate of drug-likeness (QED) is 0.245. The number of alkyl carbamates (subject to hydrolysis) is 1. The van der Waals surface area contributed by atoms with Gasteiger partial charge >= 0.3 is 6.09 Å². The highest BCUT2D eigenvalue weighted by molar-refractivity contribution is 9.10. The second kappa shape index (κ2) is 10.5. The van der Waals surface area contributed by atoms with Gasteiger partial charge in [-0.25, -0.2) is 9.78 Å². The molecule has 2 amide bonds. The lowest BCUT2D eigenvalue weighted by atomic mass is 10.1. The third-order valence-corrected chi connectivity index (χ3v) is 5.63. The molecule has 0 aliphatic carbocycles. The molecule has 0 spiro atoms. The zero-order valence-corrected chi connectivity index (χ0v) is 19.8. The van der Waals surface area contributed by atoms with Crippen LogP contribution in [0.25, 0.3) is 33.5 Å². The maximum Gasteiger partial charge on any atom is 0.407 e. The predicted octanol–water partition coefficient (Wildman–Crippen LogP) is 4.51. The van der Waals surface area contributed by atoms with Crippen LogP contribution in [0.4, 0.5) is 4.79 Å². The zero-order chi connectivity index (χ0) is 23.2. The van der Waals surface area contributed by atoms with Gasteiger partial charge in [0.1, 0.15) is 5.69 Å². The van der Waals surface area contributed by atoms with E-state index in [1.165, 1.54) is 0 Å². The smallest absolute Gasteiger partial charge is 0.407 e. The summed E-state index contributed by atoms with van der Waals surface area (Å²) in [5.41, 5.74) is 3.72. The molecule has 10 heteroatoms. The lowest BCUT2D eigenvalue weighted by molar-refractivity contribution is 0.0953. The molecule has 172 valence electrons. The molecular weight excluding hydrogens is 488 g/mol. The molecule has 0 saturated heterocycles. The fraction of sp³-hybridized carbons (Fsp3) is 0.304. The SMILES string of the molecule is CCCCOC(=O)NCCCNC(=O)c1ccc2[nH]nc(-c3nc4ccc(Br)cc4[nH]3)c2c1. The highest BCUT2D eigenvalue weighted by Gasteiger charge is 2.15. The Morgan fingerprint density at radius 3 is 2.76 bits per heavy atom. The topological polar surface area (TPSA) is 125 Å². The summed E-state index contributed by atoms with van der Waals surface area (Å²) in [6, 6.07) is 11.2. The molecule has 0 fully saturated rings. The molecule has 9 nitrogen and oxygen atoms in total. The van der Waals surface area contributed by atoms with Crippen LogP contribution in [0.1, 0.15) is 36.5 Å². The fourth-order valence-corrected chi connectivity index (χ4v) is 3.73. The number of hydrogen-bond acceptors (Lipinski definition) is 5. The Hall–Kier alpha value is -3.40. The largest absolute Gasteiger partial charge is 0.450 e. The van der Waals surface area contributed by atoms with E-state index in [0.717, 1.165) is 39.3 Å². The minimum Gasteiger partial charge on any atom is -0.450 e. The van der Waals surface area contributed by atoms with Crippen LogP contribution in [-0.4, -0.2) is 51.9 Å². The van der Waals surface area contributed by atoms with Gasteiger partial charge in [-0.2, -0.15) is 5.10 Å². The van der Waals surface area contributed by atoms with Crippen molar-refractivity contribution in [3.05, 3.63) is 46.4 Å². The third kappa shape index (κ3) is 5.51. The molecule has 0 aliphatic rings. The van der Waals surface area contributed by atoms with Crippen LogP contribution < -0.4 is 10.6 Å². The molecule has 2 aromatic carbocycles. The van der Waals surface area contributed by atoms with E-state index in [1.807, 2.05) is 31.2 Å². The second-order valence-corrected chi connectivity index (χ2v) is 8.52. The molecule has 4 aromatic rings. The normalized spacial score (nSPS) is 11.1. The first-order valence-electron chi connectivity index (χ1n) is 10.9. The summed E-state index contributed by atoms with van der Waals surface area (Å²) in [4.78, 5) is 32.1. The van der Waals surface area contributed by atoms with Gasteiger partial charge in [0.25, 0.3) is 5.91 Å². The summed E-state index contributed by atoms with van der Waals surface area (Å²) in [5.74, 6) is 0.437. The van der Waals surface area contributed by atoms with Crippen molar-refractivity contribution in [2.24, 2.45) is 0 Å². The number of imidazole rings is 1. The lowest BCUT2D eigenvalue weighted by Gasteiger charge is -2.08. The van der Waals surface area contributed by atoms with Gasteiger partial charge in [0.15, 0.2) is 5.82 Å². The van der Waals surface area contributed by atoms with E-state index < -0.39 is 6.09 Å². The summed E-state index contributed by atoms with van der Waals surface area (Å²) >= 11 is 3.46. The summed E-state index contributed by atoms with van der Waals surface area (Å²) in [7, 11) is 0. The number of nitrogens with zero attached hydrogens (tertiary/aromatic N) is 2. The van der Waals surface area contributed by atoms with Gasteiger partial charge < -0.3 is 20.4 Å². The molecule has 0 atom stereocenters. The van der Waals surface area contributed by atoms with Crippen LogP contribution in [0.5, 0.6) is 0 Å². The van der Waals surface area contributed by atoms with Crippen LogP contribution in [0.2, 0.25) is 0 Å². The average molecular weight is 513 g/mol. The van der Waals surface area contributed by atoms with E-state index in [2.05, 4.69) is 46.7 Å².